The number of benzene rings is 8. The molecule has 0 atom stereocenters. The van der Waals surface area contributed by atoms with E-state index in [9.17, 15) is 0 Å². The first-order valence-electron chi connectivity index (χ1n) is 16.7. The molecule has 0 unspecified atom stereocenters. The van der Waals surface area contributed by atoms with Crippen molar-refractivity contribution in [3.8, 4) is 34.2 Å². The minimum Gasteiger partial charge on any atom is -0.456 e. The maximum atomic E-state index is 6.23. The van der Waals surface area contributed by atoms with Crippen LogP contribution in [0.25, 0.3) is 109 Å². The lowest BCUT2D eigenvalue weighted by atomic mass is 9.93. The number of fused-ring (bicyclic) bond motifs is 13. The van der Waals surface area contributed by atoms with E-state index in [0.29, 0.717) is 17.5 Å². The summed E-state index contributed by atoms with van der Waals surface area (Å²) in [5, 5.41) is 12.2. The lowest BCUT2D eigenvalue weighted by molar-refractivity contribution is 0.669. The second-order valence-electron chi connectivity index (χ2n) is 12.7. The zero-order valence-corrected chi connectivity index (χ0v) is 27.4. The molecule has 3 aromatic heterocycles. The summed E-state index contributed by atoms with van der Waals surface area (Å²) in [4.78, 5) is 15.3. The number of hydrogen-bond acceptors (Lipinski definition) is 5. The van der Waals surface area contributed by atoms with Crippen molar-refractivity contribution in [3.63, 3.8) is 0 Å². The van der Waals surface area contributed by atoms with Gasteiger partial charge in [0.05, 0.1) is 0 Å². The number of furan rings is 1. The molecule has 0 fully saturated rings. The maximum Gasteiger partial charge on any atom is 0.164 e. The highest BCUT2D eigenvalue weighted by molar-refractivity contribution is 7.27. The molecule has 0 spiro atoms. The van der Waals surface area contributed by atoms with Crippen molar-refractivity contribution < 1.29 is 4.42 Å². The van der Waals surface area contributed by atoms with E-state index in [1.54, 1.807) is 0 Å². The molecule has 5 heteroatoms. The van der Waals surface area contributed by atoms with Crippen LogP contribution in [-0.2, 0) is 0 Å². The third-order valence-electron chi connectivity index (χ3n) is 9.89. The first-order chi connectivity index (χ1) is 24.8. The number of para-hydroxylation sites is 1. The van der Waals surface area contributed by atoms with E-state index in [1.807, 2.05) is 72.0 Å². The number of aromatic nitrogens is 3. The van der Waals surface area contributed by atoms with Crippen molar-refractivity contribution in [1.82, 2.24) is 15.0 Å². The summed E-state index contributed by atoms with van der Waals surface area (Å²) in [7, 11) is 0. The molecule has 0 bridgehead atoms. The monoisotopic (exact) mass is 655 g/mol. The second-order valence-corrected chi connectivity index (χ2v) is 13.8. The van der Waals surface area contributed by atoms with E-state index in [4.69, 9.17) is 19.4 Å². The Bertz CT molecular complexity index is 3160. The van der Waals surface area contributed by atoms with Crippen LogP contribution in [0.1, 0.15) is 0 Å². The van der Waals surface area contributed by atoms with Crippen molar-refractivity contribution in [1.29, 1.82) is 0 Å². The van der Waals surface area contributed by atoms with E-state index in [0.717, 1.165) is 44.0 Å². The van der Waals surface area contributed by atoms with Gasteiger partial charge in [-0.15, -0.1) is 11.3 Å². The first-order valence-corrected chi connectivity index (χ1v) is 17.5. The van der Waals surface area contributed by atoms with Gasteiger partial charge in [0.25, 0.3) is 0 Å². The number of rotatable bonds is 3. The summed E-state index contributed by atoms with van der Waals surface area (Å²) >= 11 is 1.88. The lowest BCUT2D eigenvalue weighted by Gasteiger charge is -2.12. The van der Waals surface area contributed by atoms with Crippen LogP contribution in [0, 0.1) is 0 Å². The SMILES string of the molecule is c1ccc(-c2nc(-c3ccc4c(ccc5c6sc7ccccc7c6c6ccccc6c45)c3)nc(-c3cccc4oc5ccccc5c34)n2)cc1. The van der Waals surface area contributed by atoms with E-state index in [2.05, 4.69) is 91.0 Å². The summed E-state index contributed by atoms with van der Waals surface area (Å²) in [5.41, 5.74) is 4.44. The van der Waals surface area contributed by atoms with Crippen molar-refractivity contribution in [3.05, 3.63) is 152 Å². The summed E-state index contributed by atoms with van der Waals surface area (Å²) in [6.45, 7) is 0. The lowest BCUT2D eigenvalue weighted by Crippen LogP contribution is -2.00. The molecule has 11 rings (SSSR count). The average Bonchev–Trinajstić information content (AvgIpc) is 3.77. The van der Waals surface area contributed by atoms with Gasteiger partial charge in [0, 0.05) is 53.0 Å². The fourth-order valence-electron chi connectivity index (χ4n) is 7.67. The third-order valence-corrected chi connectivity index (χ3v) is 11.1. The largest absolute Gasteiger partial charge is 0.456 e. The average molecular weight is 656 g/mol. The van der Waals surface area contributed by atoms with Crippen LogP contribution >= 0.6 is 11.3 Å². The zero-order valence-electron chi connectivity index (χ0n) is 26.6. The van der Waals surface area contributed by atoms with Crippen LogP contribution < -0.4 is 0 Å². The summed E-state index contributed by atoms with van der Waals surface area (Å²) < 4.78 is 8.88. The Labute approximate surface area is 289 Å². The molecular weight excluding hydrogens is 631 g/mol. The van der Waals surface area contributed by atoms with Gasteiger partial charge in [-0.05, 0) is 51.2 Å². The third kappa shape index (κ3) is 4.01. The molecule has 0 amide bonds. The molecule has 50 heavy (non-hydrogen) atoms. The Morgan fingerprint density at radius 3 is 1.92 bits per heavy atom. The molecule has 232 valence electrons. The minimum atomic E-state index is 0.614. The quantitative estimate of drug-likeness (QED) is 0.178. The Morgan fingerprint density at radius 2 is 1.06 bits per heavy atom. The Kier molecular flexibility index (Phi) is 5.80. The molecule has 4 nitrogen and oxygen atoms in total. The Hall–Kier alpha value is -6.43. The predicted octanol–water partition coefficient (Wildman–Crippen LogP) is 12.6. The number of thiophene rings is 1. The van der Waals surface area contributed by atoms with Crippen LogP contribution in [-0.4, -0.2) is 15.0 Å². The molecule has 0 aliphatic rings. The predicted molar refractivity (Wildman–Crippen MR) is 209 cm³/mol. The van der Waals surface area contributed by atoms with Crippen LogP contribution in [0.2, 0.25) is 0 Å². The summed E-state index contributed by atoms with van der Waals surface area (Å²) in [6, 6.07) is 53.1. The zero-order chi connectivity index (χ0) is 32.8. The van der Waals surface area contributed by atoms with E-state index in [1.165, 1.54) is 47.1 Å². The topological polar surface area (TPSA) is 51.8 Å². The Morgan fingerprint density at radius 1 is 0.400 bits per heavy atom. The van der Waals surface area contributed by atoms with Crippen LogP contribution in [0.3, 0.4) is 0 Å². The number of nitrogens with zero attached hydrogens (tertiary/aromatic N) is 3. The molecule has 0 saturated heterocycles. The molecule has 0 radical (unpaired) electrons. The summed E-state index contributed by atoms with van der Waals surface area (Å²) in [6.07, 6.45) is 0. The smallest absolute Gasteiger partial charge is 0.164 e. The van der Waals surface area contributed by atoms with Crippen LogP contribution in [0.5, 0.6) is 0 Å². The van der Waals surface area contributed by atoms with Gasteiger partial charge in [-0.25, -0.2) is 15.0 Å². The molecule has 0 aliphatic carbocycles. The first kappa shape index (κ1) is 27.5. The van der Waals surface area contributed by atoms with Gasteiger partial charge < -0.3 is 4.42 Å². The highest BCUT2D eigenvalue weighted by Crippen LogP contribution is 2.46. The normalized spacial score (nSPS) is 12.0. The van der Waals surface area contributed by atoms with Crippen molar-refractivity contribution in [2.75, 3.05) is 0 Å². The Balaban J connectivity index is 1.16. The molecular formula is C45H25N3OS. The van der Waals surface area contributed by atoms with E-state index < -0.39 is 0 Å². The highest BCUT2D eigenvalue weighted by atomic mass is 32.1. The van der Waals surface area contributed by atoms with Crippen LogP contribution in [0.15, 0.2) is 156 Å². The minimum absolute atomic E-state index is 0.614. The standard InChI is InChI=1S/C45H25N3OS/c1-2-11-26(12-3-1)43-46-44(48-45(47-43)35-17-10-19-37-40(35)32-15-6-8-18-36(32)49-37)28-22-23-29-27(25-28)21-24-34-39(29)30-13-4-5-14-31(30)41-33-16-7-9-20-38(33)50-42(34)41/h1-25H. The number of hydrogen-bond donors (Lipinski definition) is 0. The van der Waals surface area contributed by atoms with Gasteiger partial charge in [-0.1, -0.05) is 127 Å². The van der Waals surface area contributed by atoms with Gasteiger partial charge >= 0.3 is 0 Å². The fraction of sp³-hybridized carbons (Fsp3) is 0. The van der Waals surface area contributed by atoms with Gasteiger partial charge in [0.15, 0.2) is 17.5 Å². The molecule has 3 heterocycles. The van der Waals surface area contributed by atoms with Gasteiger partial charge in [0.1, 0.15) is 11.2 Å². The summed E-state index contributed by atoms with van der Waals surface area (Å²) in [5.74, 6) is 1.88. The van der Waals surface area contributed by atoms with Crippen molar-refractivity contribution in [2.45, 2.75) is 0 Å². The van der Waals surface area contributed by atoms with Crippen LogP contribution in [0.4, 0.5) is 0 Å². The van der Waals surface area contributed by atoms with Crippen molar-refractivity contribution in [2.24, 2.45) is 0 Å². The van der Waals surface area contributed by atoms with Gasteiger partial charge in [-0.2, -0.15) is 0 Å². The van der Waals surface area contributed by atoms with Gasteiger partial charge in [0.2, 0.25) is 0 Å². The van der Waals surface area contributed by atoms with Crippen molar-refractivity contribution >= 4 is 85.8 Å². The molecule has 11 aromatic rings. The fourth-order valence-corrected chi connectivity index (χ4v) is 8.92. The molecule has 8 aromatic carbocycles. The molecule has 0 saturated carbocycles. The molecule has 0 aliphatic heterocycles. The van der Waals surface area contributed by atoms with Gasteiger partial charge in [-0.3, -0.25) is 0 Å². The highest BCUT2D eigenvalue weighted by Gasteiger charge is 2.19. The second kappa shape index (κ2) is 10.5. The maximum absolute atomic E-state index is 6.23. The molecule has 0 N–H and O–H groups in total. The van der Waals surface area contributed by atoms with E-state index >= 15 is 0 Å². The van der Waals surface area contributed by atoms with E-state index in [-0.39, 0.29) is 0 Å².